The molecule has 0 aliphatic rings. The van der Waals surface area contributed by atoms with Crippen molar-refractivity contribution in [2.45, 2.75) is 13.5 Å². The fourth-order valence-electron chi connectivity index (χ4n) is 1.64. The highest BCUT2D eigenvalue weighted by atomic mass is 79.9. The summed E-state index contributed by atoms with van der Waals surface area (Å²) in [5, 5.41) is 0. The highest BCUT2D eigenvalue weighted by Gasteiger charge is 2.06. The Balaban J connectivity index is 2.08. The van der Waals surface area contributed by atoms with Crippen molar-refractivity contribution in [2.24, 2.45) is 0 Å². The first-order valence-corrected chi connectivity index (χ1v) is 6.88. The molecule has 0 saturated heterocycles. The third-order valence-electron chi connectivity index (χ3n) is 2.58. The second-order valence-electron chi connectivity index (χ2n) is 4.05. The quantitative estimate of drug-likeness (QED) is 0.846. The molecule has 4 heteroatoms. The number of nitrogens with two attached hydrogens (primary N) is 1. The molecule has 0 fully saturated rings. The summed E-state index contributed by atoms with van der Waals surface area (Å²) in [4.78, 5) is 0. The molecule has 0 unspecified atom stereocenters. The number of hydrogen-bond donors (Lipinski definition) is 1. The van der Waals surface area contributed by atoms with Crippen LogP contribution in [0.15, 0.2) is 46.9 Å². The van der Waals surface area contributed by atoms with Crippen molar-refractivity contribution >= 4 is 21.6 Å². The lowest BCUT2D eigenvalue weighted by Crippen LogP contribution is -1.99. The summed E-state index contributed by atoms with van der Waals surface area (Å²) < 4.78 is 12.3. The molecular weight excluding hydrogens is 306 g/mol. The van der Waals surface area contributed by atoms with Crippen LogP contribution in [0.25, 0.3) is 0 Å². The van der Waals surface area contributed by atoms with Gasteiger partial charge in [0.15, 0.2) is 11.5 Å². The van der Waals surface area contributed by atoms with Crippen LogP contribution in [-0.2, 0) is 6.61 Å². The van der Waals surface area contributed by atoms with Crippen LogP contribution in [0.2, 0.25) is 0 Å². The summed E-state index contributed by atoms with van der Waals surface area (Å²) in [6, 6.07) is 13.4. The molecule has 0 radical (unpaired) electrons. The smallest absolute Gasteiger partial charge is 0.162 e. The van der Waals surface area contributed by atoms with Crippen molar-refractivity contribution in [3.63, 3.8) is 0 Å². The highest BCUT2D eigenvalue weighted by molar-refractivity contribution is 9.10. The molecule has 0 aliphatic heterocycles. The third-order valence-corrected chi connectivity index (χ3v) is 3.07. The number of ether oxygens (including phenoxy) is 2. The first-order valence-electron chi connectivity index (χ1n) is 6.08. The Labute approximate surface area is 121 Å². The number of rotatable bonds is 5. The fraction of sp³-hybridized carbons (Fsp3) is 0.200. The molecule has 2 aromatic rings. The Hall–Kier alpha value is -1.68. The maximum atomic E-state index is 5.78. The SMILES string of the molecule is CCOc1cc(Br)ccc1OCc1ccc(N)cc1. The van der Waals surface area contributed by atoms with E-state index in [2.05, 4.69) is 15.9 Å². The van der Waals surface area contributed by atoms with Crippen molar-refractivity contribution in [2.75, 3.05) is 12.3 Å². The van der Waals surface area contributed by atoms with Gasteiger partial charge in [0.05, 0.1) is 6.61 Å². The van der Waals surface area contributed by atoms with Crippen LogP contribution in [0, 0.1) is 0 Å². The normalized spacial score (nSPS) is 10.2. The predicted molar refractivity (Wildman–Crippen MR) is 80.5 cm³/mol. The Morgan fingerprint density at radius 3 is 2.42 bits per heavy atom. The van der Waals surface area contributed by atoms with Crippen LogP contribution in [-0.4, -0.2) is 6.61 Å². The summed E-state index contributed by atoms with van der Waals surface area (Å²) in [5.74, 6) is 1.48. The van der Waals surface area contributed by atoms with Gasteiger partial charge in [0.25, 0.3) is 0 Å². The Bertz CT molecular complexity index is 540. The van der Waals surface area contributed by atoms with Crippen molar-refractivity contribution < 1.29 is 9.47 Å². The van der Waals surface area contributed by atoms with Crippen molar-refractivity contribution in [3.05, 3.63) is 52.5 Å². The van der Waals surface area contributed by atoms with Gasteiger partial charge < -0.3 is 15.2 Å². The van der Waals surface area contributed by atoms with Gasteiger partial charge in [-0.3, -0.25) is 0 Å². The molecule has 3 nitrogen and oxygen atoms in total. The van der Waals surface area contributed by atoms with E-state index in [9.17, 15) is 0 Å². The van der Waals surface area contributed by atoms with Gasteiger partial charge in [-0.15, -0.1) is 0 Å². The summed E-state index contributed by atoms with van der Waals surface area (Å²) in [6.07, 6.45) is 0. The Morgan fingerprint density at radius 2 is 1.74 bits per heavy atom. The lowest BCUT2D eigenvalue weighted by atomic mass is 10.2. The molecule has 2 rings (SSSR count). The minimum absolute atomic E-state index is 0.488. The molecule has 0 aliphatic carbocycles. The number of anilines is 1. The first-order chi connectivity index (χ1) is 9.19. The molecule has 0 aromatic heterocycles. The van der Waals surface area contributed by atoms with Gasteiger partial charge in [0.2, 0.25) is 0 Å². The summed E-state index contributed by atoms with van der Waals surface area (Å²) in [7, 11) is 0. The molecule has 0 bridgehead atoms. The standard InChI is InChI=1S/C15H16BrNO2/c1-2-18-15-9-12(16)5-8-14(15)19-10-11-3-6-13(17)7-4-11/h3-9H,2,10,17H2,1H3. The monoisotopic (exact) mass is 321 g/mol. The Morgan fingerprint density at radius 1 is 1.00 bits per heavy atom. The number of nitrogen functional groups attached to an aromatic ring is 1. The largest absolute Gasteiger partial charge is 0.490 e. The zero-order chi connectivity index (χ0) is 13.7. The molecule has 0 spiro atoms. The zero-order valence-electron chi connectivity index (χ0n) is 10.7. The third kappa shape index (κ3) is 3.89. The van der Waals surface area contributed by atoms with Gasteiger partial charge in [-0.2, -0.15) is 0 Å². The van der Waals surface area contributed by atoms with Gasteiger partial charge in [0.1, 0.15) is 6.61 Å². The zero-order valence-corrected chi connectivity index (χ0v) is 12.3. The maximum absolute atomic E-state index is 5.78. The summed E-state index contributed by atoms with van der Waals surface area (Å²) in [5.41, 5.74) is 7.47. The van der Waals surface area contributed by atoms with Crippen LogP contribution in [0.1, 0.15) is 12.5 Å². The average Bonchev–Trinajstić information content (AvgIpc) is 2.40. The van der Waals surface area contributed by atoms with E-state index in [0.717, 1.165) is 27.2 Å². The minimum atomic E-state index is 0.488. The summed E-state index contributed by atoms with van der Waals surface area (Å²) in [6.45, 7) is 3.04. The molecule has 2 N–H and O–H groups in total. The predicted octanol–water partition coefficient (Wildman–Crippen LogP) is 4.01. The molecule has 100 valence electrons. The van der Waals surface area contributed by atoms with E-state index in [0.29, 0.717) is 13.2 Å². The van der Waals surface area contributed by atoms with Gasteiger partial charge in [-0.1, -0.05) is 28.1 Å². The number of halogens is 1. The van der Waals surface area contributed by atoms with Crippen LogP contribution in [0.3, 0.4) is 0 Å². The molecule has 0 amide bonds. The van der Waals surface area contributed by atoms with E-state index in [4.69, 9.17) is 15.2 Å². The molecule has 2 aromatic carbocycles. The van der Waals surface area contributed by atoms with E-state index in [1.165, 1.54) is 0 Å². The second-order valence-corrected chi connectivity index (χ2v) is 4.97. The van der Waals surface area contributed by atoms with Gasteiger partial charge in [0, 0.05) is 10.2 Å². The van der Waals surface area contributed by atoms with E-state index in [-0.39, 0.29) is 0 Å². The second kappa shape index (κ2) is 6.48. The van der Waals surface area contributed by atoms with Crippen LogP contribution < -0.4 is 15.2 Å². The molecular formula is C15H16BrNO2. The molecule has 0 heterocycles. The molecule has 0 saturated carbocycles. The number of hydrogen-bond acceptors (Lipinski definition) is 3. The van der Waals surface area contributed by atoms with Crippen molar-refractivity contribution in [3.8, 4) is 11.5 Å². The van der Waals surface area contributed by atoms with Gasteiger partial charge in [-0.05, 0) is 42.8 Å². The lowest BCUT2D eigenvalue weighted by Gasteiger charge is -2.12. The van der Waals surface area contributed by atoms with E-state index in [1.807, 2.05) is 49.4 Å². The topological polar surface area (TPSA) is 44.5 Å². The van der Waals surface area contributed by atoms with Crippen molar-refractivity contribution in [1.29, 1.82) is 0 Å². The van der Waals surface area contributed by atoms with Crippen molar-refractivity contribution in [1.82, 2.24) is 0 Å². The fourth-order valence-corrected chi connectivity index (χ4v) is 1.98. The first kappa shape index (κ1) is 13.7. The van der Waals surface area contributed by atoms with Crippen LogP contribution in [0.4, 0.5) is 5.69 Å². The number of benzene rings is 2. The van der Waals surface area contributed by atoms with E-state index in [1.54, 1.807) is 0 Å². The lowest BCUT2D eigenvalue weighted by molar-refractivity contribution is 0.269. The van der Waals surface area contributed by atoms with Crippen LogP contribution >= 0.6 is 15.9 Å². The van der Waals surface area contributed by atoms with Crippen LogP contribution in [0.5, 0.6) is 11.5 Å². The molecule has 19 heavy (non-hydrogen) atoms. The van der Waals surface area contributed by atoms with Gasteiger partial charge >= 0.3 is 0 Å². The minimum Gasteiger partial charge on any atom is -0.490 e. The highest BCUT2D eigenvalue weighted by Crippen LogP contribution is 2.31. The van der Waals surface area contributed by atoms with E-state index >= 15 is 0 Å². The Kier molecular flexibility index (Phi) is 4.68. The molecule has 0 atom stereocenters. The van der Waals surface area contributed by atoms with E-state index < -0.39 is 0 Å². The maximum Gasteiger partial charge on any atom is 0.162 e. The van der Waals surface area contributed by atoms with Gasteiger partial charge in [-0.25, -0.2) is 0 Å². The summed E-state index contributed by atoms with van der Waals surface area (Å²) >= 11 is 3.42. The average molecular weight is 322 g/mol.